The van der Waals surface area contributed by atoms with E-state index in [4.69, 9.17) is 19.7 Å². The van der Waals surface area contributed by atoms with E-state index in [2.05, 4.69) is 137 Å². The normalized spacial score (nSPS) is 12.1. The monoisotopic (exact) mass is 641 g/mol. The Morgan fingerprint density at radius 1 is 0.540 bits per heavy atom. The molecule has 5 aromatic carbocycles. The highest BCUT2D eigenvalue weighted by atomic mass is 16.5. The minimum absolute atomic E-state index is 0.741. The average Bonchev–Trinajstić information content (AvgIpc) is 3.86. The number of para-hydroxylation sites is 1. The Morgan fingerprint density at radius 3 is 2.22 bits per heavy atom. The lowest BCUT2D eigenvalue weighted by Crippen LogP contribution is -1.93. The average molecular weight is 642 g/mol. The summed E-state index contributed by atoms with van der Waals surface area (Å²) < 4.78 is 11.1. The second kappa shape index (κ2) is 10.1. The number of aryl methyl sites for hydroxylation is 1. The molecule has 6 heterocycles. The molecule has 6 nitrogen and oxygen atoms in total. The zero-order valence-corrected chi connectivity index (χ0v) is 27.0. The number of fused-ring (bicyclic) bond motifs is 12. The number of ether oxygens (including phenoxy) is 1. The fourth-order valence-electron chi connectivity index (χ4n) is 7.94. The maximum absolute atomic E-state index is 6.67. The molecule has 0 N–H and O–H groups in total. The molecule has 0 spiro atoms. The van der Waals surface area contributed by atoms with Crippen LogP contribution in [0.2, 0.25) is 0 Å². The van der Waals surface area contributed by atoms with Crippen LogP contribution in [-0.2, 0) is 0 Å². The number of imidazole rings is 1. The molecule has 0 bridgehead atoms. The highest BCUT2D eigenvalue weighted by molar-refractivity contribution is 6.25. The van der Waals surface area contributed by atoms with Gasteiger partial charge in [-0.25, -0.2) is 15.0 Å². The smallest absolute Gasteiger partial charge is 0.147 e. The van der Waals surface area contributed by atoms with Gasteiger partial charge in [-0.15, -0.1) is 0 Å². The third-order valence-electron chi connectivity index (χ3n) is 10.2. The maximum atomic E-state index is 6.67. The van der Waals surface area contributed by atoms with Crippen molar-refractivity contribution in [3.63, 3.8) is 0 Å². The number of nitrogens with zero attached hydrogens (tertiary/aromatic N) is 5. The number of aromatic nitrogens is 5. The fraction of sp³-hybridized carbons (Fsp3) is 0.0227. The Kier molecular flexibility index (Phi) is 5.50. The van der Waals surface area contributed by atoms with Crippen LogP contribution in [-0.4, -0.2) is 23.8 Å². The molecule has 0 aliphatic carbocycles. The van der Waals surface area contributed by atoms with E-state index in [1.54, 1.807) is 0 Å². The summed E-state index contributed by atoms with van der Waals surface area (Å²) in [6.07, 6.45) is 5.85. The summed E-state index contributed by atoms with van der Waals surface area (Å²) in [5.74, 6) is 1.50. The van der Waals surface area contributed by atoms with Crippen molar-refractivity contribution < 1.29 is 4.74 Å². The van der Waals surface area contributed by atoms with E-state index in [0.29, 0.717) is 0 Å². The van der Waals surface area contributed by atoms with Gasteiger partial charge < -0.3 is 4.74 Å². The number of benzene rings is 5. The van der Waals surface area contributed by atoms with Gasteiger partial charge in [0.1, 0.15) is 28.4 Å². The van der Waals surface area contributed by atoms with Crippen LogP contribution in [0.15, 0.2) is 146 Å². The van der Waals surface area contributed by atoms with Gasteiger partial charge in [-0.1, -0.05) is 72.8 Å². The van der Waals surface area contributed by atoms with Crippen molar-refractivity contribution in [1.82, 2.24) is 23.8 Å². The minimum Gasteiger partial charge on any atom is -0.457 e. The van der Waals surface area contributed by atoms with Gasteiger partial charge in [-0.05, 0) is 77.5 Å². The van der Waals surface area contributed by atoms with Crippen LogP contribution in [0.5, 0.6) is 11.5 Å². The van der Waals surface area contributed by atoms with Gasteiger partial charge in [-0.3, -0.25) is 8.80 Å². The molecular weight excluding hydrogens is 615 g/mol. The molecule has 6 aromatic heterocycles. The van der Waals surface area contributed by atoms with Crippen LogP contribution in [0.1, 0.15) is 5.56 Å². The molecule has 0 aliphatic heterocycles. The molecule has 11 aromatic rings. The summed E-state index contributed by atoms with van der Waals surface area (Å²) in [7, 11) is 0. The van der Waals surface area contributed by atoms with Crippen molar-refractivity contribution in [3.05, 3.63) is 152 Å². The van der Waals surface area contributed by atoms with Crippen molar-refractivity contribution in [2.45, 2.75) is 6.92 Å². The highest BCUT2D eigenvalue weighted by Crippen LogP contribution is 2.43. The zero-order chi connectivity index (χ0) is 32.9. The van der Waals surface area contributed by atoms with Gasteiger partial charge in [-0.2, -0.15) is 0 Å². The maximum Gasteiger partial charge on any atom is 0.147 e. The number of hydrogen-bond donors (Lipinski definition) is 0. The van der Waals surface area contributed by atoms with Crippen molar-refractivity contribution in [2.24, 2.45) is 0 Å². The number of pyridine rings is 3. The zero-order valence-electron chi connectivity index (χ0n) is 27.0. The van der Waals surface area contributed by atoms with Crippen molar-refractivity contribution in [3.8, 4) is 33.9 Å². The molecule has 234 valence electrons. The lowest BCUT2D eigenvalue weighted by atomic mass is 10.0. The van der Waals surface area contributed by atoms with Crippen LogP contribution in [0, 0.1) is 6.92 Å². The lowest BCUT2D eigenvalue weighted by molar-refractivity contribution is 0.484. The largest absolute Gasteiger partial charge is 0.457 e. The lowest BCUT2D eigenvalue weighted by Gasteiger charge is -2.10. The van der Waals surface area contributed by atoms with Gasteiger partial charge in [0.05, 0.1) is 16.7 Å². The van der Waals surface area contributed by atoms with Gasteiger partial charge >= 0.3 is 0 Å². The summed E-state index contributed by atoms with van der Waals surface area (Å²) in [6, 6.07) is 44.3. The molecule has 0 fully saturated rings. The second-order valence-electron chi connectivity index (χ2n) is 13.0. The summed E-state index contributed by atoms with van der Waals surface area (Å²) in [6.45, 7) is 2.12. The van der Waals surface area contributed by atoms with Gasteiger partial charge in [0.15, 0.2) is 0 Å². The SMILES string of the molecule is Cc1ccccc1-c1cn2c3ncccc3c3ccc(Oc4ccc5c6cccc7c8c(-c9ccccc9)ccnc8n(c5c4)c67)cc3c2n1. The number of hydrogen-bond acceptors (Lipinski definition) is 4. The molecule has 0 radical (unpaired) electrons. The molecule has 0 saturated heterocycles. The van der Waals surface area contributed by atoms with Crippen molar-refractivity contribution >= 4 is 65.7 Å². The van der Waals surface area contributed by atoms with Crippen LogP contribution in [0.3, 0.4) is 0 Å². The molecule has 0 atom stereocenters. The third kappa shape index (κ3) is 3.75. The van der Waals surface area contributed by atoms with Crippen LogP contribution >= 0.6 is 0 Å². The molecule has 11 rings (SSSR count). The first-order chi connectivity index (χ1) is 24.7. The van der Waals surface area contributed by atoms with E-state index in [1.165, 1.54) is 38.4 Å². The Labute approximate surface area is 285 Å². The summed E-state index contributed by atoms with van der Waals surface area (Å²) >= 11 is 0. The van der Waals surface area contributed by atoms with E-state index in [9.17, 15) is 0 Å². The Morgan fingerprint density at radius 2 is 1.32 bits per heavy atom. The first kappa shape index (κ1) is 27.2. The van der Waals surface area contributed by atoms with Gasteiger partial charge in [0.25, 0.3) is 0 Å². The highest BCUT2D eigenvalue weighted by Gasteiger charge is 2.21. The summed E-state index contributed by atoms with van der Waals surface area (Å²) in [4.78, 5) is 14.9. The quantitative estimate of drug-likeness (QED) is 0.179. The predicted molar refractivity (Wildman–Crippen MR) is 203 cm³/mol. The Balaban J connectivity index is 1.09. The third-order valence-corrected chi connectivity index (χ3v) is 10.2. The fourth-order valence-corrected chi connectivity index (χ4v) is 7.94. The first-order valence-corrected chi connectivity index (χ1v) is 16.8. The molecule has 0 aliphatic rings. The molecule has 50 heavy (non-hydrogen) atoms. The molecule has 0 unspecified atom stereocenters. The van der Waals surface area contributed by atoms with E-state index in [-0.39, 0.29) is 0 Å². The number of rotatable bonds is 4. The van der Waals surface area contributed by atoms with Crippen molar-refractivity contribution in [2.75, 3.05) is 0 Å². The van der Waals surface area contributed by atoms with E-state index >= 15 is 0 Å². The Hall–Kier alpha value is -6.79. The Bertz CT molecular complexity index is 3140. The van der Waals surface area contributed by atoms with E-state index in [0.717, 1.165) is 66.8 Å². The summed E-state index contributed by atoms with van der Waals surface area (Å²) in [5.41, 5.74) is 10.5. The van der Waals surface area contributed by atoms with Crippen LogP contribution < -0.4 is 4.74 Å². The molecular formula is C44H27N5O. The summed E-state index contributed by atoms with van der Waals surface area (Å²) in [5, 5.41) is 7.90. The van der Waals surface area contributed by atoms with E-state index < -0.39 is 0 Å². The topological polar surface area (TPSA) is 56.7 Å². The molecule has 6 heteroatoms. The second-order valence-corrected chi connectivity index (χ2v) is 13.0. The van der Waals surface area contributed by atoms with Crippen LogP contribution in [0.4, 0.5) is 0 Å². The molecule has 0 amide bonds. The minimum atomic E-state index is 0.741. The predicted octanol–water partition coefficient (Wildman–Crippen LogP) is 11.0. The van der Waals surface area contributed by atoms with Crippen LogP contribution in [0.25, 0.3) is 88.1 Å². The standard InChI is InChI=1S/C44H27N5O/c1-26-9-5-6-12-30(26)38-25-48-42-35(15-8-21-45-42)32-18-16-28(23-37(32)43(48)47-38)50-29-17-19-33-34-13-7-14-36-40-31(27-10-3-2-4-11-27)20-22-46-44(40)49(41(34)36)39(33)24-29/h2-25H,1H3. The van der Waals surface area contributed by atoms with Gasteiger partial charge in [0, 0.05) is 62.5 Å². The van der Waals surface area contributed by atoms with Crippen molar-refractivity contribution in [1.29, 1.82) is 0 Å². The van der Waals surface area contributed by atoms with Gasteiger partial charge in [0.2, 0.25) is 0 Å². The molecule has 0 saturated carbocycles. The van der Waals surface area contributed by atoms with E-state index in [1.807, 2.05) is 24.5 Å². The first-order valence-electron chi connectivity index (χ1n) is 16.8.